The van der Waals surface area contributed by atoms with Crippen molar-refractivity contribution in [2.75, 3.05) is 25.2 Å². The lowest BCUT2D eigenvalue weighted by molar-refractivity contribution is -0.113. The van der Waals surface area contributed by atoms with Crippen LogP contribution in [0.3, 0.4) is 0 Å². The number of benzene rings is 2. The summed E-state index contributed by atoms with van der Waals surface area (Å²) in [6.45, 7) is 4.07. The molecule has 0 radical (unpaired) electrons. The van der Waals surface area contributed by atoms with Crippen LogP contribution in [0, 0.1) is 13.8 Å². The fourth-order valence-electron chi connectivity index (χ4n) is 2.60. The highest BCUT2D eigenvalue weighted by Gasteiger charge is 2.13. The second kappa shape index (κ2) is 8.87. The summed E-state index contributed by atoms with van der Waals surface area (Å²) in [6, 6.07) is 12.8. The van der Waals surface area contributed by atoms with Gasteiger partial charge in [0.1, 0.15) is 0 Å². The Balaban J connectivity index is 1.65. The molecule has 0 saturated heterocycles. The maximum absolute atomic E-state index is 12.4. The molecule has 9 heteroatoms. The fourth-order valence-corrected chi connectivity index (χ4v) is 3.29. The summed E-state index contributed by atoms with van der Waals surface area (Å²) in [4.78, 5) is 25.9. The Hall–Kier alpha value is -3.20. The van der Waals surface area contributed by atoms with Crippen molar-refractivity contribution in [3.05, 3.63) is 59.2 Å². The van der Waals surface area contributed by atoms with Crippen LogP contribution in [0.25, 0.3) is 5.69 Å². The first-order valence-corrected chi connectivity index (χ1v) is 9.94. The molecule has 0 atom stereocenters. The summed E-state index contributed by atoms with van der Waals surface area (Å²) in [5.74, 6) is -0.195. The maximum Gasteiger partial charge on any atom is 0.253 e. The maximum atomic E-state index is 12.4. The Morgan fingerprint density at radius 2 is 1.90 bits per heavy atom. The first kappa shape index (κ1) is 20.5. The molecule has 0 spiro atoms. The van der Waals surface area contributed by atoms with E-state index in [0.717, 1.165) is 11.3 Å². The van der Waals surface area contributed by atoms with Gasteiger partial charge in [0.15, 0.2) is 0 Å². The van der Waals surface area contributed by atoms with Gasteiger partial charge in [-0.05, 0) is 65.7 Å². The predicted molar refractivity (Wildman–Crippen MR) is 112 cm³/mol. The molecule has 0 aliphatic carbocycles. The number of nitrogens with zero attached hydrogens (tertiary/aromatic N) is 5. The number of rotatable bonds is 6. The number of thioether (sulfide) groups is 1. The summed E-state index contributed by atoms with van der Waals surface area (Å²) in [5.41, 5.74) is 4.25. The Labute approximate surface area is 173 Å². The molecule has 2 aromatic carbocycles. The number of hydrogen-bond acceptors (Lipinski definition) is 6. The van der Waals surface area contributed by atoms with Crippen LogP contribution < -0.4 is 5.32 Å². The lowest BCUT2D eigenvalue weighted by Gasteiger charge is -2.11. The van der Waals surface area contributed by atoms with E-state index in [9.17, 15) is 9.59 Å². The van der Waals surface area contributed by atoms with Gasteiger partial charge in [-0.2, -0.15) is 4.68 Å². The van der Waals surface area contributed by atoms with E-state index < -0.39 is 0 Å². The van der Waals surface area contributed by atoms with Crippen molar-refractivity contribution < 1.29 is 9.59 Å². The Kier molecular flexibility index (Phi) is 6.28. The topological polar surface area (TPSA) is 93.0 Å². The minimum absolute atomic E-state index is 0.122. The van der Waals surface area contributed by atoms with E-state index >= 15 is 0 Å². The number of carbonyl (C=O) groups is 2. The second-order valence-electron chi connectivity index (χ2n) is 6.76. The van der Waals surface area contributed by atoms with E-state index in [0.29, 0.717) is 16.4 Å². The number of carbonyl (C=O) groups excluding carboxylic acids is 2. The van der Waals surface area contributed by atoms with Crippen molar-refractivity contribution in [3.8, 4) is 5.69 Å². The molecular weight excluding hydrogens is 388 g/mol. The lowest BCUT2D eigenvalue weighted by atomic mass is 10.1. The van der Waals surface area contributed by atoms with Gasteiger partial charge in [-0.3, -0.25) is 9.59 Å². The Morgan fingerprint density at radius 3 is 2.62 bits per heavy atom. The molecule has 0 bridgehead atoms. The molecule has 0 saturated carbocycles. The molecule has 3 aromatic rings. The highest BCUT2D eigenvalue weighted by molar-refractivity contribution is 7.99. The van der Waals surface area contributed by atoms with Crippen molar-refractivity contribution in [1.82, 2.24) is 25.1 Å². The number of aromatic nitrogens is 4. The van der Waals surface area contributed by atoms with Gasteiger partial charge in [0.2, 0.25) is 11.1 Å². The third-order valence-corrected chi connectivity index (χ3v) is 5.23. The summed E-state index contributed by atoms with van der Waals surface area (Å²) in [6.07, 6.45) is 0. The van der Waals surface area contributed by atoms with Crippen LogP contribution >= 0.6 is 11.8 Å². The minimum Gasteiger partial charge on any atom is -0.345 e. The number of tetrazole rings is 1. The van der Waals surface area contributed by atoms with Crippen molar-refractivity contribution in [2.45, 2.75) is 19.0 Å². The van der Waals surface area contributed by atoms with Crippen molar-refractivity contribution in [2.24, 2.45) is 0 Å². The summed E-state index contributed by atoms with van der Waals surface area (Å²) >= 11 is 1.24. The van der Waals surface area contributed by atoms with Crippen LogP contribution in [0.15, 0.2) is 47.6 Å². The largest absolute Gasteiger partial charge is 0.345 e. The molecule has 0 fully saturated rings. The third-order valence-electron chi connectivity index (χ3n) is 4.31. The molecule has 29 heavy (non-hydrogen) atoms. The Bertz CT molecular complexity index is 1050. The molecule has 3 rings (SSSR count). The summed E-state index contributed by atoms with van der Waals surface area (Å²) < 4.78 is 1.61. The van der Waals surface area contributed by atoms with Gasteiger partial charge in [-0.1, -0.05) is 23.9 Å². The SMILES string of the molecule is Cc1ccc(-n2nnnc2SCC(=O)Nc2cccc(C(=O)N(C)C)c2)cc1C. The fraction of sp³-hybridized carbons (Fsp3) is 0.250. The van der Waals surface area contributed by atoms with Crippen molar-refractivity contribution in [3.63, 3.8) is 0 Å². The number of hydrogen-bond donors (Lipinski definition) is 1. The zero-order chi connectivity index (χ0) is 21.0. The first-order valence-electron chi connectivity index (χ1n) is 8.95. The summed E-state index contributed by atoms with van der Waals surface area (Å²) in [7, 11) is 3.37. The molecule has 1 aromatic heterocycles. The predicted octanol–water partition coefficient (Wildman–Crippen LogP) is 2.71. The zero-order valence-corrected chi connectivity index (χ0v) is 17.5. The molecule has 1 heterocycles. The number of aryl methyl sites for hydroxylation is 2. The van der Waals surface area contributed by atoms with Crippen LogP contribution in [-0.2, 0) is 4.79 Å². The minimum atomic E-state index is -0.209. The van der Waals surface area contributed by atoms with E-state index in [4.69, 9.17) is 0 Å². The smallest absolute Gasteiger partial charge is 0.253 e. The van der Waals surface area contributed by atoms with Gasteiger partial charge >= 0.3 is 0 Å². The Morgan fingerprint density at radius 1 is 1.10 bits per heavy atom. The highest BCUT2D eigenvalue weighted by atomic mass is 32.2. The van der Waals surface area contributed by atoms with Crippen LogP contribution in [0.2, 0.25) is 0 Å². The molecule has 2 amide bonds. The standard InChI is InChI=1S/C20H22N6O2S/c1-13-8-9-17(10-14(13)2)26-20(22-23-24-26)29-12-18(27)21-16-7-5-6-15(11-16)19(28)25(3)4/h5-11H,12H2,1-4H3,(H,21,27). The number of nitrogens with one attached hydrogen (secondary N) is 1. The molecule has 0 aliphatic rings. The average molecular weight is 411 g/mol. The second-order valence-corrected chi connectivity index (χ2v) is 7.70. The number of amides is 2. The first-order chi connectivity index (χ1) is 13.8. The number of anilines is 1. The molecule has 0 aliphatic heterocycles. The van der Waals surface area contributed by atoms with Crippen LogP contribution in [0.1, 0.15) is 21.5 Å². The van der Waals surface area contributed by atoms with Crippen molar-refractivity contribution >= 4 is 29.3 Å². The monoisotopic (exact) mass is 410 g/mol. The third kappa shape index (κ3) is 5.00. The van der Waals surface area contributed by atoms with Gasteiger partial charge in [0.25, 0.3) is 5.91 Å². The van der Waals surface area contributed by atoms with Gasteiger partial charge in [0, 0.05) is 25.3 Å². The molecule has 150 valence electrons. The van der Waals surface area contributed by atoms with Gasteiger partial charge < -0.3 is 10.2 Å². The van der Waals surface area contributed by atoms with Gasteiger partial charge in [-0.25, -0.2) is 0 Å². The molecule has 8 nitrogen and oxygen atoms in total. The van der Waals surface area contributed by atoms with Gasteiger partial charge in [0.05, 0.1) is 11.4 Å². The highest BCUT2D eigenvalue weighted by Crippen LogP contribution is 2.20. The average Bonchev–Trinajstić information content (AvgIpc) is 3.16. The van der Waals surface area contributed by atoms with Crippen LogP contribution in [0.4, 0.5) is 5.69 Å². The molecule has 0 unspecified atom stereocenters. The quantitative estimate of drug-likeness (QED) is 0.628. The van der Waals surface area contributed by atoms with E-state index in [-0.39, 0.29) is 17.6 Å². The van der Waals surface area contributed by atoms with E-state index in [1.54, 1.807) is 43.0 Å². The van der Waals surface area contributed by atoms with Crippen LogP contribution in [0.5, 0.6) is 0 Å². The van der Waals surface area contributed by atoms with Gasteiger partial charge in [-0.15, -0.1) is 5.10 Å². The summed E-state index contributed by atoms with van der Waals surface area (Å²) in [5, 5.41) is 15.1. The molecule has 1 N–H and O–H groups in total. The molecular formula is C20H22N6O2S. The normalized spacial score (nSPS) is 10.6. The van der Waals surface area contributed by atoms with E-state index in [1.165, 1.54) is 22.2 Å². The van der Waals surface area contributed by atoms with E-state index in [1.807, 2.05) is 32.0 Å². The lowest BCUT2D eigenvalue weighted by Crippen LogP contribution is -2.22. The van der Waals surface area contributed by atoms with E-state index in [2.05, 4.69) is 20.8 Å². The van der Waals surface area contributed by atoms with Crippen molar-refractivity contribution in [1.29, 1.82) is 0 Å². The van der Waals surface area contributed by atoms with Crippen LogP contribution in [-0.4, -0.2) is 56.8 Å². The zero-order valence-electron chi connectivity index (χ0n) is 16.7.